The Hall–Kier alpha value is -2.29. The second-order valence-electron chi connectivity index (χ2n) is 3.58. The smallest absolute Gasteiger partial charge is 0.414 e. The third-order valence-corrected chi connectivity index (χ3v) is 1.93. The van der Waals surface area contributed by atoms with Crippen molar-refractivity contribution in [1.82, 2.24) is 5.48 Å². The Kier molecular flexibility index (Phi) is 5.32. The molecule has 2 amide bonds. The van der Waals surface area contributed by atoms with Gasteiger partial charge >= 0.3 is 6.18 Å². The normalized spacial score (nSPS) is 10.9. The molecule has 0 aromatic heterocycles. The molecule has 0 atom stereocenters. The number of alkyl halides is 3. The van der Waals surface area contributed by atoms with Crippen molar-refractivity contribution in [3.8, 4) is 5.75 Å². The Morgan fingerprint density at radius 3 is 2.50 bits per heavy atom. The highest BCUT2D eigenvalue weighted by molar-refractivity contribution is 5.95. The van der Waals surface area contributed by atoms with Crippen LogP contribution in [0.25, 0.3) is 0 Å². The molecule has 1 rings (SSSR count). The zero-order chi connectivity index (χ0) is 15.2. The minimum Gasteiger partial charge on any atom is -0.483 e. The topological polar surface area (TPSA) is 90.7 Å². The van der Waals surface area contributed by atoms with E-state index in [0.717, 1.165) is 0 Å². The Balaban J connectivity index is 2.44. The van der Waals surface area contributed by atoms with E-state index < -0.39 is 31.2 Å². The van der Waals surface area contributed by atoms with Gasteiger partial charge in [-0.15, -0.1) is 0 Å². The predicted molar refractivity (Wildman–Crippen MR) is 60.6 cm³/mol. The monoisotopic (exact) mass is 292 g/mol. The molecule has 0 saturated carbocycles. The Bertz CT molecular complexity index is 491. The van der Waals surface area contributed by atoms with Gasteiger partial charge in [0.25, 0.3) is 11.8 Å². The van der Waals surface area contributed by atoms with E-state index >= 15 is 0 Å². The molecule has 0 fully saturated rings. The lowest BCUT2D eigenvalue weighted by Crippen LogP contribution is -2.33. The van der Waals surface area contributed by atoms with E-state index in [9.17, 15) is 22.8 Å². The maximum absolute atomic E-state index is 11.7. The first-order valence-corrected chi connectivity index (χ1v) is 5.28. The van der Waals surface area contributed by atoms with Gasteiger partial charge in [-0.3, -0.25) is 14.4 Å². The van der Waals surface area contributed by atoms with Gasteiger partial charge in [-0.1, -0.05) is 12.1 Å². The average molecular weight is 292 g/mol. The first-order chi connectivity index (χ1) is 9.29. The van der Waals surface area contributed by atoms with E-state index in [4.69, 9.17) is 10.5 Å². The van der Waals surface area contributed by atoms with Crippen molar-refractivity contribution in [2.75, 3.05) is 13.2 Å². The molecule has 0 unspecified atom stereocenters. The molecule has 0 aliphatic carbocycles. The summed E-state index contributed by atoms with van der Waals surface area (Å²) in [5.41, 5.74) is 6.69. The zero-order valence-corrected chi connectivity index (χ0v) is 10.1. The molecule has 0 aliphatic heterocycles. The van der Waals surface area contributed by atoms with Gasteiger partial charge in [0.2, 0.25) is 0 Å². The van der Waals surface area contributed by atoms with Crippen LogP contribution in [0.1, 0.15) is 10.4 Å². The lowest BCUT2D eigenvalue weighted by atomic mass is 10.2. The Labute approximate surface area is 111 Å². The molecular formula is C11H11F3N2O4. The van der Waals surface area contributed by atoms with Crippen LogP contribution in [0.3, 0.4) is 0 Å². The highest BCUT2D eigenvalue weighted by atomic mass is 19.4. The van der Waals surface area contributed by atoms with Crippen LogP contribution in [0.2, 0.25) is 0 Å². The predicted octanol–water partition coefficient (Wildman–Crippen LogP) is 0.774. The van der Waals surface area contributed by atoms with Crippen molar-refractivity contribution in [1.29, 1.82) is 0 Å². The number of para-hydroxylation sites is 1. The summed E-state index contributed by atoms with van der Waals surface area (Å²) < 4.78 is 40.2. The SMILES string of the molecule is NC(=O)c1ccccc1OCC(=O)NOCC(F)(F)F. The van der Waals surface area contributed by atoms with E-state index in [2.05, 4.69) is 4.84 Å². The summed E-state index contributed by atoms with van der Waals surface area (Å²) in [6.45, 7) is -2.24. The number of hydrogen-bond donors (Lipinski definition) is 2. The molecular weight excluding hydrogens is 281 g/mol. The highest BCUT2D eigenvalue weighted by Gasteiger charge is 2.28. The second kappa shape index (κ2) is 6.75. The summed E-state index contributed by atoms with van der Waals surface area (Å²) in [5.74, 6) is -1.64. The van der Waals surface area contributed by atoms with Crippen LogP contribution in [0.5, 0.6) is 5.75 Å². The number of nitrogens with two attached hydrogens (primary N) is 1. The van der Waals surface area contributed by atoms with Gasteiger partial charge in [-0.05, 0) is 12.1 Å². The van der Waals surface area contributed by atoms with E-state index in [1.165, 1.54) is 12.1 Å². The van der Waals surface area contributed by atoms with Crippen molar-refractivity contribution in [2.24, 2.45) is 5.73 Å². The molecule has 3 N–H and O–H groups in total. The van der Waals surface area contributed by atoms with Crippen molar-refractivity contribution >= 4 is 11.8 Å². The summed E-state index contributed by atoms with van der Waals surface area (Å²) in [6.07, 6.45) is -4.55. The van der Waals surface area contributed by atoms with E-state index in [0.29, 0.717) is 0 Å². The van der Waals surface area contributed by atoms with Crippen LogP contribution < -0.4 is 16.0 Å². The standard InChI is InChI=1S/C11H11F3N2O4/c12-11(13,14)6-20-16-9(17)5-19-8-4-2-1-3-7(8)10(15)18/h1-4H,5-6H2,(H2,15,18)(H,16,17). The number of halogens is 3. The van der Waals surface area contributed by atoms with Crippen LogP contribution in [0, 0.1) is 0 Å². The first kappa shape index (κ1) is 15.8. The minimum absolute atomic E-state index is 0.0472. The summed E-state index contributed by atoms with van der Waals surface area (Å²) >= 11 is 0. The summed E-state index contributed by atoms with van der Waals surface area (Å²) in [7, 11) is 0. The summed E-state index contributed by atoms with van der Waals surface area (Å²) in [5, 5.41) is 0. The molecule has 0 bridgehead atoms. The molecule has 9 heteroatoms. The lowest BCUT2D eigenvalue weighted by molar-refractivity contribution is -0.192. The van der Waals surface area contributed by atoms with Gasteiger partial charge in [0.15, 0.2) is 13.2 Å². The fraction of sp³-hybridized carbons (Fsp3) is 0.273. The van der Waals surface area contributed by atoms with Crippen molar-refractivity contribution in [3.63, 3.8) is 0 Å². The number of carbonyl (C=O) groups excluding carboxylic acids is 2. The Morgan fingerprint density at radius 2 is 1.90 bits per heavy atom. The molecule has 1 aromatic rings. The molecule has 20 heavy (non-hydrogen) atoms. The van der Waals surface area contributed by atoms with E-state index in [-0.39, 0.29) is 11.3 Å². The summed E-state index contributed by atoms with van der Waals surface area (Å²) in [4.78, 5) is 26.1. The van der Waals surface area contributed by atoms with Crippen molar-refractivity contribution in [3.05, 3.63) is 29.8 Å². The van der Waals surface area contributed by atoms with Gasteiger partial charge in [0.1, 0.15) is 5.75 Å². The molecule has 0 aliphatic rings. The van der Waals surface area contributed by atoms with Crippen LogP contribution >= 0.6 is 0 Å². The highest BCUT2D eigenvalue weighted by Crippen LogP contribution is 2.17. The molecule has 1 aromatic carbocycles. The number of nitrogens with one attached hydrogen (secondary N) is 1. The van der Waals surface area contributed by atoms with Gasteiger partial charge in [-0.25, -0.2) is 5.48 Å². The maximum atomic E-state index is 11.7. The number of primary amides is 1. The first-order valence-electron chi connectivity index (χ1n) is 5.28. The number of hydroxylamine groups is 1. The van der Waals surface area contributed by atoms with Gasteiger partial charge < -0.3 is 10.5 Å². The molecule has 0 saturated heterocycles. The number of benzene rings is 1. The number of carbonyl (C=O) groups is 2. The third kappa shape index (κ3) is 5.57. The largest absolute Gasteiger partial charge is 0.483 e. The molecule has 0 spiro atoms. The minimum atomic E-state index is -4.55. The van der Waals surface area contributed by atoms with Crippen LogP contribution in [0.4, 0.5) is 13.2 Å². The lowest BCUT2D eigenvalue weighted by Gasteiger charge is -2.10. The number of rotatable bonds is 6. The molecule has 6 nitrogen and oxygen atoms in total. The van der Waals surface area contributed by atoms with Crippen molar-refractivity contribution < 1.29 is 32.3 Å². The van der Waals surface area contributed by atoms with Gasteiger partial charge in [-0.2, -0.15) is 13.2 Å². The fourth-order valence-corrected chi connectivity index (χ4v) is 1.17. The van der Waals surface area contributed by atoms with E-state index in [1.807, 2.05) is 0 Å². The third-order valence-electron chi connectivity index (χ3n) is 1.93. The number of ether oxygens (including phenoxy) is 1. The molecule has 0 radical (unpaired) electrons. The average Bonchev–Trinajstić information content (AvgIpc) is 2.35. The zero-order valence-electron chi connectivity index (χ0n) is 10.1. The quantitative estimate of drug-likeness (QED) is 0.758. The Morgan fingerprint density at radius 1 is 1.25 bits per heavy atom. The fourth-order valence-electron chi connectivity index (χ4n) is 1.17. The van der Waals surface area contributed by atoms with E-state index in [1.54, 1.807) is 17.6 Å². The van der Waals surface area contributed by atoms with Crippen LogP contribution in [-0.4, -0.2) is 31.2 Å². The molecule has 0 heterocycles. The maximum Gasteiger partial charge on any atom is 0.414 e. The van der Waals surface area contributed by atoms with Gasteiger partial charge in [0.05, 0.1) is 5.56 Å². The van der Waals surface area contributed by atoms with Crippen molar-refractivity contribution in [2.45, 2.75) is 6.18 Å². The number of hydrogen-bond acceptors (Lipinski definition) is 4. The van der Waals surface area contributed by atoms with Gasteiger partial charge in [0, 0.05) is 0 Å². The second-order valence-corrected chi connectivity index (χ2v) is 3.58. The van der Waals surface area contributed by atoms with Crippen LogP contribution in [0.15, 0.2) is 24.3 Å². The number of amides is 2. The summed E-state index contributed by atoms with van der Waals surface area (Å²) in [6, 6.07) is 5.86. The molecule has 110 valence electrons. The van der Waals surface area contributed by atoms with Crippen LogP contribution in [-0.2, 0) is 9.63 Å².